The number of aryl methyl sites for hydroxylation is 1. The standard InChI is InChI=1S/C15H17FN2O2S/c1-11-10-21-15(20)18(11)9-7-14(19)17-8-6-12-2-4-13(16)5-3-12/h2-5,10H,6-9H2,1H3,(H,17,19). The molecule has 1 N–H and O–H groups in total. The van der Waals surface area contributed by atoms with E-state index in [1.54, 1.807) is 22.1 Å². The van der Waals surface area contributed by atoms with Crippen molar-refractivity contribution in [3.05, 3.63) is 56.4 Å². The van der Waals surface area contributed by atoms with Crippen LogP contribution in [0.15, 0.2) is 34.4 Å². The number of benzene rings is 1. The summed E-state index contributed by atoms with van der Waals surface area (Å²) in [5, 5.41) is 4.59. The molecule has 2 aromatic rings. The second kappa shape index (κ2) is 7.17. The molecule has 21 heavy (non-hydrogen) atoms. The van der Waals surface area contributed by atoms with Gasteiger partial charge in [0.05, 0.1) is 0 Å². The molecule has 0 aliphatic carbocycles. The third-order valence-electron chi connectivity index (χ3n) is 3.19. The van der Waals surface area contributed by atoms with Crippen molar-refractivity contribution in [1.29, 1.82) is 0 Å². The Morgan fingerprint density at radius 3 is 2.67 bits per heavy atom. The van der Waals surface area contributed by atoms with E-state index in [1.165, 1.54) is 12.1 Å². The van der Waals surface area contributed by atoms with Crippen molar-refractivity contribution < 1.29 is 9.18 Å². The molecule has 6 heteroatoms. The fourth-order valence-electron chi connectivity index (χ4n) is 1.97. The van der Waals surface area contributed by atoms with E-state index in [1.807, 2.05) is 6.92 Å². The van der Waals surface area contributed by atoms with Crippen molar-refractivity contribution in [2.45, 2.75) is 26.3 Å². The quantitative estimate of drug-likeness (QED) is 0.888. The van der Waals surface area contributed by atoms with E-state index in [-0.39, 0.29) is 23.0 Å². The minimum atomic E-state index is -0.264. The Labute approximate surface area is 126 Å². The molecule has 0 atom stereocenters. The molecule has 112 valence electrons. The first-order chi connectivity index (χ1) is 10.1. The van der Waals surface area contributed by atoms with Crippen molar-refractivity contribution in [3.63, 3.8) is 0 Å². The summed E-state index contributed by atoms with van der Waals surface area (Å²) < 4.78 is 14.3. The molecule has 0 aliphatic rings. The van der Waals surface area contributed by atoms with Gasteiger partial charge >= 0.3 is 4.87 Å². The second-order valence-electron chi connectivity index (χ2n) is 4.77. The largest absolute Gasteiger partial charge is 0.356 e. The van der Waals surface area contributed by atoms with E-state index < -0.39 is 0 Å². The number of nitrogens with one attached hydrogen (secondary N) is 1. The lowest BCUT2D eigenvalue weighted by Crippen LogP contribution is -2.28. The Kier molecular flexibility index (Phi) is 5.27. The Morgan fingerprint density at radius 1 is 1.33 bits per heavy atom. The average Bonchev–Trinajstić information content (AvgIpc) is 2.78. The van der Waals surface area contributed by atoms with Crippen LogP contribution in [-0.2, 0) is 17.8 Å². The van der Waals surface area contributed by atoms with Crippen LogP contribution in [-0.4, -0.2) is 17.0 Å². The van der Waals surface area contributed by atoms with Crippen molar-refractivity contribution in [1.82, 2.24) is 9.88 Å². The molecule has 4 nitrogen and oxygen atoms in total. The van der Waals surface area contributed by atoms with Crippen molar-refractivity contribution in [3.8, 4) is 0 Å². The van der Waals surface area contributed by atoms with E-state index in [2.05, 4.69) is 5.32 Å². The maximum Gasteiger partial charge on any atom is 0.307 e. The van der Waals surface area contributed by atoms with Crippen LogP contribution >= 0.6 is 11.3 Å². The van der Waals surface area contributed by atoms with Crippen LogP contribution in [0.5, 0.6) is 0 Å². The zero-order chi connectivity index (χ0) is 15.2. The maximum atomic E-state index is 12.7. The maximum absolute atomic E-state index is 12.7. The molecule has 0 spiro atoms. The van der Waals surface area contributed by atoms with Gasteiger partial charge in [-0.15, -0.1) is 0 Å². The summed E-state index contributed by atoms with van der Waals surface area (Å²) in [7, 11) is 0. The zero-order valence-corrected chi connectivity index (χ0v) is 12.6. The Balaban J connectivity index is 1.73. The lowest BCUT2D eigenvalue weighted by molar-refractivity contribution is -0.121. The first-order valence-electron chi connectivity index (χ1n) is 6.72. The topological polar surface area (TPSA) is 51.1 Å². The van der Waals surface area contributed by atoms with Crippen LogP contribution < -0.4 is 10.2 Å². The van der Waals surface area contributed by atoms with Crippen molar-refractivity contribution in [2.75, 3.05) is 6.54 Å². The van der Waals surface area contributed by atoms with Gasteiger partial charge in [-0.25, -0.2) is 4.39 Å². The SMILES string of the molecule is Cc1csc(=O)n1CCC(=O)NCCc1ccc(F)cc1. The molecule has 2 rings (SSSR count). The van der Waals surface area contributed by atoms with Gasteiger partial charge in [-0.05, 0) is 31.0 Å². The summed E-state index contributed by atoms with van der Waals surface area (Å²) in [6, 6.07) is 6.22. The van der Waals surface area contributed by atoms with Crippen molar-refractivity contribution in [2.24, 2.45) is 0 Å². The van der Waals surface area contributed by atoms with Crippen LogP contribution in [0.4, 0.5) is 4.39 Å². The first kappa shape index (κ1) is 15.4. The number of carbonyl (C=O) groups excluding carboxylic acids is 1. The third-order valence-corrected chi connectivity index (χ3v) is 4.07. The number of hydrogen-bond donors (Lipinski definition) is 1. The van der Waals surface area contributed by atoms with Crippen LogP contribution in [0.25, 0.3) is 0 Å². The van der Waals surface area contributed by atoms with Gasteiger partial charge in [0.2, 0.25) is 5.91 Å². The third kappa shape index (κ3) is 4.53. The Hall–Kier alpha value is -1.95. The summed E-state index contributed by atoms with van der Waals surface area (Å²) >= 11 is 1.14. The number of carbonyl (C=O) groups is 1. The predicted octanol–water partition coefficient (Wildman–Crippen LogP) is 2.11. The predicted molar refractivity (Wildman–Crippen MR) is 81.0 cm³/mol. The smallest absolute Gasteiger partial charge is 0.307 e. The van der Waals surface area contributed by atoms with Crippen LogP contribution in [0.1, 0.15) is 17.7 Å². The number of rotatable bonds is 6. The fraction of sp³-hybridized carbons (Fsp3) is 0.333. The molecule has 0 bridgehead atoms. The molecule has 1 heterocycles. The summed E-state index contributed by atoms with van der Waals surface area (Å²) in [5.74, 6) is -0.353. The number of thiazole rings is 1. The summed E-state index contributed by atoms with van der Waals surface area (Å²) in [6.45, 7) is 2.75. The highest BCUT2D eigenvalue weighted by atomic mass is 32.1. The summed E-state index contributed by atoms with van der Waals surface area (Å²) in [6.07, 6.45) is 0.935. The summed E-state index contributed by atoms with van der Waals surface area (Å²) in [5.41, 5.74) is 1.85. The van der Waals surface area contributed by atoms with E-state index in [0.717, 1.165) is 22.6 Å². The molecular formula is C15H17FN2O2S. The monoisotopic (exact) mass is 308 g/mol. The van der Waals surface area contributed by atoms with E-state index in [4.69, 9.17) is 0 Å². The van der Waals surface area contributed by atoms with Gasteiger partial charge in [0, 0.05) is 30.6 Å². The van der Waals surface area contributed by atoms with Crippen LogP contribution in [0, 0.1) is 12.7 Å². The molecule has 0 unspecified atom stereocenters. The fourth-order valence-corrected chi connectivity index (χ4v) is 2.73. The van der Waals surface area contributed by atoms with Gasteiger partial charge < -0.3 is 9.88 Å². The van der Waals surface area contributed by atoms with Gasteiger partial charge in [-0.1, -0.05) is 23.5 Å². The highest BCUT2D eigenvalue weighted by Gasteiger charge is 2.06. The van der Waals surface area contributed by atoms with E-state index in [9.17, 15) is 14.0 Å². The van der Waals surface area contributed by atoms with Gasteiger partial charge in [-0.3, -0.25) is 9.59 Å². The molecule has 0 aliphatic heterocycles. The van der Waals surface area contributed by atoms with E-state index in [0.29, 0.717) is 19.5 Å². The highest BCUT2D eigenvalue weighted by Crippen LogP contribution is 2.03. The molecule has 0 fully saturated rings. The van der Waals surface area contributed by atoms with Crippen LogP contribution in [0.2, 0.25) is 0 Å². The first-order valence-corrected chi connectivity index (χ1v) is 7.60. The molecular weight excluding hydrogens is 291 g/mol. The Bertz CT molecular complexity index is 661. The molecule has 1 amide bonds. The van der Waals surface area contributed by atoms with Crippen molar-refractivity contribution >= 4 is 17.2 Å². The normalized spacial score (nSPS) is 10.6. The van der Waals surface area contributed by atoms with Crippen LogP contribution in [0.3, 0.4) is 0 Å². The van der Waals surface area contributed by atoms with Gasteiger partial charge in [0.25, 0.3) is 0 Å². The summed E-state index contributed by atoms with van der Waals surface area (Å²) in [4.78, 5) is 23.2. The number of amides is 1. The van der Waals surface area contributed by atoms with Gasteiger partial charge in [0.1, 0.15) is 5.82 Å². The number of aromatic nitrogens is 1. The van der Waals surface area contributed by atoms with Gasteiger partial charge in [-0.2, -0.15) is 0 Å². The zero-order valence-electron chi connectivity index (χ0n) is 11.8. The lowest BCUT2D eigenvalue weighted by atomic mass is 10.1. The average molecular weight is 308 g/mol. The second-order valence-corrected chi connectivity index (χ2v) is 5.59. The number of nitrogens with zero attached hydrogens (tertiary/aromatic N) is 1. The minimum absolute atomic E-state index is 0.0355. The minimum Gasteiger partial charge on any atom is -0.356 e. The molecule has 1 aromatic heterocycles. The van der Waals surface area contributed by atoms with Gasteiger partial charge in [0.15, 0.2) is 0 Å². The lowest BCUT2D eigenvalue weighted by Gasteiger charge is -2.07. The highest BCUT2D eigenvalue weighted by molar-refractivity contribution is 7.07. The number of hydrogen-bond acceptors (Lipinski definition) is 3. The van der Waals surface area contributed by atoms with E-state index >= 15 is 0 Å². The Morgan fingerprint density at radius 2 is 2.05 bits per heavy atom. The molecule has 0 saturated heterocycles. The molecule has 0 radical (unpaired) electrons. The molecule has 1 aromatic carbocycles. The molecule has 0 saturated carbocycles. The number of halogens is 1.